The first-order chi connectivity index (χ1) is 2.27. The second-order valence-corrected chi connectivity index (χ2v) is 1.03. The number of hydrogen-bond donors (Lipinski definition) is 1. The normalized spacial score (nSPS) is 5.50. The molecule has 34 valence electrons. The smallest absolute Gasteiger partial charge is 1.00 e. The van der Waals surface area contributed by atoms with E-state index in [0.29, 0.717) is 0 Å². The van der Waals surface area contributed by atoms with Gasteiger partial charge in [0.15, 0.2) is 0 Å². The molecule has 6 heavy (non-hydrogen) atoms. The average molecular weight is 138 g/mol. The first-order valence-corrected chi connectivity index (χ1v) is 2.05. The van der Waals surface area contributed by atoms with Crippen molar-refractivity contribution in [2.45, 2.75) is 0 Å². The van der Waals surface area contributed by atoms with Crippen molar-refractivity contribution in [3.8, 4) is 0 Å². The molecular weight excluding hydrogens is 135 g/mol. The summed E-state index contributed by atoms with van der Waals surface area (Å²) in [6, 6.07) is 0. The minimum atomic E-state index is -3.29. The molecule has 0 fully saturated rings. The Morgan fingerprint density at radius 2 is 2.17 bits per heavy atom. The van der Waals surface area contributed by atoms with Gasteiger partial charge < -0.3 is 7.65 Å². The Bertz CT molecular complexity index is 52.5. The van der Waals surface area contributed by atoms with Crippen LogP contribution in [0.1, 0.15) is 2.85 Å². The van der Waals surface area contributed by atoms with Gasteiger partial charge in [-0.05, 0) is 0 Å². The third kappa shape index (κ3) is 8.84. The van der Waals surface area contributed by atoms with Crippen molar-refractivity contribution in [1.29, 1.82) is 0 Å². The van der Waals surface area contributed by atoms with Crippen molar-refractivity contribution in [2.75, 3.05) is 0 Å². The molecule has 0 aliphatic rings. The third-order valence-electron chi connectivity index (χ3n) is 0.0660. The van der Waals surface area contributed by atoms with E-state index >= 15 is 0 Å². The van der Waals surface area contributed by atoms with E-state index in [1.807, 2.05) is 0 Å². The first kappa shape index (κ1) is 9.93. The van der Waals surface area contributed by atoms with Crippen molar-refractivity contribution in [2.24, 2.45) is 0 Å². The second kappa shape index (κ2) is 5.81. The van der Waals surface area contributed by atoms with Crippen LogP contribution >= 0.6 is 0 Å². The van der Waals surface area contributed by atoms with Crippen LogP contribution in [0.4, 0.5) is 4.53 Å². The molecule has 0 radical (unpaired) electrons. The zero-order chi connectivity index (χ0) is 4.28. The Balaban J connectivity index is -0.0000000267. The van der Waals surface area contributed by atoms with Gasteiger partial charge in [-0.25, -0.2) is 0 Å². The summed E-state index contributed by atoms with van der Waals surface area (Å²) < 4.78 is 21.4. The number of rotatable bonds is 1. The largest absolute Gasteiger partial charge is 2.00 e. The van der Waals surface area contributed by atoms with Gasteiger partial charge in [0.2, 0.25) is 0 Å². The minimum Gasteiger partial charge on any atom is -1.00 e. The van der Waals surface area contributed by atoms with Crippen molar-refractivity contribution in [3.63, 3.8) is 0 Å². The standard InChI is InChI=1S/Ca.FHO3Si.2H/c;1-4-5(2)3;;/h;2H;;/q+2;;2*-1. The summed E-state index contributed by atoms with van der Waals surface area (Å²) in [6.45, 7) is 0. The van der Waals surface area contributed by atoms with E-state index in [1.54, 1.807) is 0 Å². The summed E-state index contributed by atoms with van der Waals surface area (Å²) in [4.78, 5) is 7.31. The predicted octanol–water partition coefficient (Wildman–Crippen LogP) is -0.861. The molecule has 0 aromatic carbocycles. The van der Waals surface area contributed by atoms with E-state index in [0.717, 1.165) is 0 Å². The molecule has 0 spiro atoms. The molecule has 0 aromatic rings. The van der Waals surface area contributed by atoms with Gasteiger partial charge in [-0.3, -0.25) is 9.09 Å². The SMILES string of the molecule is O=[Si](O)OF.[Ca+2].[H-].[H-]. The van der Waals surface area contributed by atoms with Gasteiger partial charge in [0.05, 0.1) is 0 Å². The maximum absolute atomic E-state index is 10.1. The van der Waals surface area contributed by atoms with E-state index in [1.165, 1.54) is 0 Å². The van der Waals surface area contributed by atoms with Gasteiger partial charge >= 0.3 is 46.9 Å². The fourth-order valence-corrected chi connectivity index (χ4v) is 0. The fraction of sp³-hybridized carbons (Fsp3) is 0. The minimum absolute atomic E-state index is 0. The Morgan fingerprint density at radius 3 is 2.17 bits per heavy atom. The van der Waals surface area contributed by atoms with Crippen LogP contribution in [0.2, 0.25) is 0 Å². The molecule has 6 heteroatoms. The van der Waals surface area contributed by atoms with E-state index < -0.39 is 9.17 Å². The van der Waals surface area contributed by atoms with Crippen LogP contribution < -0.4 is 0 Å². The van der Waals surface area contributed by atoms with Crippen LogP contribution in [0.5, 0.6) is 0 Å². The quantitative estimate of drug-likeness (QED) is 0.480. The summed E-state index contributed by atoms with van der Waals surface area (Å²) >= 11 is 0. The second-order valence-electron chi connectivity index (χ2n) is 0.343. The molecule has 0 saturated heterocycles. The van der Waals surface area contributed by atoms with Gasteiger partial charge in [0, 0.05) is 4.53 Å². The van der Waals surface area contributed by atoms with Gasteiger partial charge in [0.1, 0.15) is 0 Å². The Labute approximate surface area is 67.9 Å². The van der Waals surface area contributed by atoms with Crippen LogP contribution in [0.15, 0.2) is 0 Å². The average Bonchev–Trinajstić information content (AvgIpc) is 1.38. The molecule has 0 atom stereocenters. The summed E-state index contributed by atoms with van der Waals surface area (Å²) in [6.07, 6.45) is 0. The van der Waals surface area contributed by atoms with Crippen LogP contribution in [-0.4, -0.2) is 51.7 Å². The Morgan fingerprint density at radius 1 is 2.00 bits per heavy atom. The zero-order valence-electron chi connectivity index (χ0n) is 4.85. The maximum atomic E-state index is 10.1. The Hall–Kier alpha value is 0.807. The summed E-state index contributed by atoms with van der Waals surface area (Å²) in [7, 11) is -3.29. The number of hydrogen-bond acceptors (Lipinski definition) is 2. The molecule has 0 rings (SSSR count). The van der Waals surface area contributed by atoms with Crippen molar-refractivity contribution < 1.29 is 21.3 Å². The van der Waals surface area contributed by atoms with E-state index in [2.05, 4.69) is 4.63 Å². The number of halogens is 1. The molecule has 0 aliphatic heterocycles. The fourth-order valence-electron chi connectivity index (χ4n) is 0. The van der Waals surface area contributed by atoms with Crippen LogP contribution in [0, 0.1) is 0 Å². The molecule has 0 heterocycles. The van der Waals surface area contributed by atoms with E-state index in [9.17, 15) is 4.53 Å². The molecule has 0 saturated carbocycles. The van der Waals surface area contributed by atoms with Gasteiger partial charge in [-0.15, -0.1) is 0 Å². The third-order valence-corrected chi connectivity index (χ3v) is 0.198. The molecule has 3 nitrogen and oxygen atoms in total. The van der Waals surface area contributed by atoms with E-state index in [-0.39, 0.29) is 40.6 Å². The molecular formula is H3CaFO3Si. The zero-order valence-corrected chi connectivity index (χ0v) is 6.06. The van der Waals surface area contributed by atoms with Crippen molar-refractivity contribution in [1.82, 2.24) is 0 Å². The predicted molar refractivity (Wildman–Crippen MR) is 18.8 cm³/mol. The van der Waals surface area contributed by atoms with Gasteiger partial charge in [-0.1, -0.05) is 0 Å². The topological polar surface area (TPSA) is 46.5 Å². The molecule has 1 N–H and O–H groups in total. The van der Waals surface area contributed by atoms with Crippen LogP contribution in [0.3, 0.4) is 0 Å². The Kier molecular flexibility index (Phi) is 9.61. The van der Waals surface area contributed by atoms with Gasteiger partial charge in [0.25, 0.3) is 0 Å². The molecule has 0 unspecified atom stereocenters. The monoisotopic (exact) mass is 138 g/mol. The van der Waals surface area contributed by atoms with Crippen molar-refractivity contribution in [3.05, 3.63) is 0 Å². The molecule has 0 amide bonds. The van der Waals surface area contributed by atoms with Crippen molar-refractivity contribution >= 4 is 46.9 Å². The first-order valence-electron chi connectivity index (χ1n) is 0.786. The van der Waals surface area contributed by atoms with E-state index in [4.69, 9.17) is 9.26 Å². The molecule has 0 bridgehead atoms. The van der Waals surface area contributed by atoms with Crippen LogP contribution in [0.25, 0.3) is 0 Å². The molecule has 0 aromatic heterocycles. The maximum Gasteiger partial charge on any atom is 2.00 e. The summed E-state index contributed by atoms with van der Waals surface area (Å²) in [5.41, 5.74) is 0. The summed E-state index contributed by atoms with van der Waals surface area (Å²) in [5.74, 6) is 0. The van der Waals surface area contributed by atoms with Gasteiger partial charge in [-0.2, -0.15) is 0 Å². The molecule has 0 aliphatic carbocycles. The summed E-state index contributed by atoms with van der Waals surface area (Å²) in [5, 5.41) is 0. The van der Waals surface area contributed by atoms with Crippen LogP contribution in [-0.2, 0) is 9.09 Å².